The molecule has 2 aromatic heterocycles. The molecule has 0 aromatic carbocycles. The Morgan fingerprint density at radius 3 is 2.38 bits per heavy atom. The van der Waals surface area contributed by atoms with Crippen molar-refractivity contribution in [3.05, 3.63) is 33.7 Å². The Morgan fingerprint density at radius 2 is 1.90 bits per heavy atom. The molecule has 2 N–H and O–H groups in total. The van der Waals surface area contributed by atoms with Gasteiger partial charge in [-0.15, -0.1) is 0 Å². The van der Waals surface area contributed by atoms with Crippen LogP contribution < -0.4 is 5.23 Å². The second-order valence-electron chi connectivity index (χ2n) is 4.88. The number of quaternary nitrogens is 1. The molecule has 2 aromatic rings. The first-order valence-electron chi connectivity index (χ1n) is 6.27. The number of rotatable bonds is 3. The smallest absolute Gasteiger partial charge is 0.265 e. The first-order chi connectivity index (χ1) is 9.73. The van der Waals surface area contributed by atoms with E-state index in [1.165, 1.54) is 24.7 Å². The van der Waals surface area contributed by atoms with E-state index in [4.69, 9.17) is 5.21 Å². The van der Waals surface area contributed by atoms with Crippen LogP contribution in [0.5, 0.6) is 0 Å². The monoisotopic (exact) mass is 298 g/mol. The SMILES string of the molecule is Cc1cc(C(F)F)c(C)nc1-c1nn(C)c([NH+]([O-])O)c1C. The van der Waals surface area contributed by atoms with E-state index in [1.807, 2.05) is 0 Å². The normalized spacial score (nSPS) is 13.0. The number of aromatic nitrogens is 3. The van der Waals surface area contributed by atoms with Crippen molar-refractivity contribution in [1.82, 2.24) is 14.8 Å². The molecule has 6 nitrogen and oxygen atoms in total. The van der Waals surface area contributed by atoms with E-state index in [0.29, 0.717) is 22.5 Å². The number of alkyl halides is 2. The number of aryl methyl sites for hydroxylation is 3. The van der Waals surface area contributed by atoms with Crippen LogP contribution in [0.1, 0.15) is 28.8 Å². The van der Waals surface area contributed by atoms with Crippen LogP contribution in [0.2, 0.25) is 0 Å². The minimum Gasteiger partial charge on any atom is -0.594 e. The molecule has 114 valence electrons. The molecule has 0 aliphatic heterocycles. The van der Waals surface area contributed by atoms with Crippen molar-refractivity contribution >= 4 is 5.82 Å². The Bertz CT molecular complexity index is 683. The lowest BCUT2D eigenvalue weighted by molar-refractivity contribution is -0.994. The summed E-state index contributed by atoms with van der Waals surface area (Å²) in [7, 11) is 1.52. The minimum atomic E-state index is -2.59. The summed E-state index contributed by atoms with van der Waals surface area (Å²) in [4.78, 5) is 4.19. The average Bonchev–Trinajstić information content (AvgIpc) is 2.66. The molecule has 0 bridgehead atoms. The van der Waals surface area contributed by atoms with Crippen molar-refractivity contribution in [2.24, 2.45) is 7.05 Å². The maximum atomic E-state index is 12.9. The summed E-state index contributed by atoms with van der Waals surface area (Å²) in [6, 6.07) is 1.37. The zero-order valence-electron chi connectivity index (χ0n) is 12.1. The van der Waals surface area contributed by atoms with Crippen molar-refractivity contribution < 1.29 is 19.2 Å². The van der Waals surface area contributed by atoms with E-state index in [9.17, 15) is 14.0 Å². The van der Waals surface area contributed by atoms with Gasteiger partial charge >= 0.3 is 0 Å². The van der Waals surface area contributed by atoms with Crippen molar-refractivity contribution in [1.29, 1.82) is 0 Å². The first kappa shape index (κ1) is 15.5. The van der Waals surface area contributed by atoms with Crippen LogP contribution in [0, 0.1) is 26.0 Å². The lowest BCUT2D eigenvalue weighted by atomic mass is 10.1. The standard InChI is InChI=1S/C13H16F2N4O2/c1-6-5-9(12(14)15)8(3)16-10(6)11-7(2)13(19(20)21)18(4)17-11/h5,12,19-20H,1-4H3. The van der Waals surface area contributed by atoms with Crippen LogP contribution in [-0.2, 0) is 7.05 Å². The lowest BCUT2D eigenvalue weighted by Gasteiger charge is -2.12. The third-order valence-electron chi connectivity index (χ3n) is 3.39. The first-order valence-corrected chi connectivity index (χ1v) is 6.27. The summed E-state index contributed by atoms with van der Waals surface area (Å²) in [5.74, 6) is 0.0572. The second kappa shape index (κ2) is 5.47. The zero-order valence-corrected chi connectivity index (χ0v) is 12.1. The highest BCUT2D eigenvalue weighted by molar-refractivity contribution is 5.66. The van der Waals surface area contributed by atoms with Crippen LogP contribution in [0.3, 0.4) is 0 Å². The fourth-order valence-electron chi connectivity index (χ4n) is 2.34. The molecule has 0 aliphatic rings. The lowest BCUT2D eigenvalue weighted by Crippen LogP contribution is -3.00. The largest absolute Gasteiger partial charge is 0.594 e. The molecule has 0 amide bonds. The van der Waals surface area contributed by atoms with Gasteiger partial charge in [0.25, 0.3) is 12.2 Å². The Labute approximate surface area is 120 Å². The molecule has 1 unspecified atom stereocenters. The Kier molecular flexibility index (Phi) is 4.04. The van der Waals surface area contributed by atoms with Gasteiger partial charge in [-0.25, -0.2) is 18.7 Å². The van der Waals surface area contributed by atoms with E-state index in [0.717, 1.165) is 0 Å². The van der Waals surface area contributed by atoms with Crippen LogP contribution in [0.25, 0.3) is 11.4 Å². The predicted molar refractivity (Wildman–Crippen MR) is 71.4 cm³/mol. The summed E-state index contributed by atoms with van der Waals surface area (Å²) >= 11 is 0. The molecule has 0 fully saturated rings. The number of nitrogens with zero attached hydrogens (tertiary/aromatic N) is 3. The number of nitrogens with one attached hydrogen (secondary N) is 1. The van der Waals surface area contributed by atoms with Crippen molar-refractivity contribution in [2.45, 2.75) is 27.2 Å². The molecule has 0 aliphatic carbocycles. The molecular weight excluding hydrogens is 282 g/mol. The summed E-state index contributed by atoms with van der Waals surface area (Å²) in [6.07, 6.45) is -2.59. The third-order valence-corrected chi connectivity index (χ3v) is 3.39. The maximum absolute atomic E-state index is 12.9. The van der Waals surface area contributed by atoms with Gasteiger partial charge in [-0.3, -0.25) is 4.98 Å². The quantitative estimate of drug-likeness (QED) is 0.846. The highest BCUT2D eigenvalue weighted by Crippen LogP contribution is 2.30. The van der Waals surface area contributed by atoms with Crippen LogP contribution >= 0.6 is 0 Å². The van der Waals surface area contributed by atoms with E-state index < -0.39 is 11.7 Å². The molecular formula is C13H16F2N4O2. The van der Waals surface area contributed by atoms with Crippen LogP contribution in [-0.4, -0.2) is 20.0 Å². The fourth-order valence-corrected chi connectivity index (χ4v) is 2.34. The van der Waals surface area contributed by atoms with Gasteiger partial charge in [0.2, 0.25) is 0 Å². The van der Waals surface area contributed by atoms with Crippen LogP contribution in [0.4, 0.5) is 14.6 Å². The molecule has 0 saturated carbocycles. The third kappa shape index (κ3) is 2.65. The predicted octanol–water partition coefficient (Wildman–Crippen LogP) is 1.75. The van der Waals surface area contributed by atoms with E-state index in [-0.39, 0.29) is 17.1 Å². The maximum Gasteiger partial charge on any atom is 0.265 e. The molecule has 2 heterocycles. The van der Waals surface area contributed by atoms with E-state index >= 15 is 0 Å². The summed E-state index contributed by atoms with van der Waals surface area (Å²) in [6.45, 7) is 4.78. The Hall–Kier alpha value is -1.90. The van der Waals surface area contributed by atoms with Gasteiger partial charge in [0, 0.05) is 18.3 Å². The van der Waals surface area contributed by atoms with Crippen molar-refractivity contribution in [2.75, 3.05) is 0 Å². The molecule has 8 heteroatoms. The highest BCUT2D eigenvalue weighted by atomic mass is 19.3. The van der Waals surface area contributed by atoms with Gasteiger partial charge < -0.3 is 5.21 Å². The summed E-state index contributed by atoms with van der Waals surface area (Å²) in [5, 5.41) is 23.4. The molecule has 2 rings (SSSR count). The molecule has 0 saturated heterocycles. The molecule has 0 radical (unpaired) electrons. The minimum absolute atomic E-state index is 0.0572. The van der Waals surface area contributed by atoms with Gasteiger partial charge in [-0.2, -0.15) is 10.3 Å². The number of halogens is 2. The van der Waals surface area contributed by atoms with Gasteiger partial charge in [-0.05, 0) is 32.4 Å². The number of hydrogen-bond donors (Lipinski definition) is 2. The van der Waals surface area contributed by atoms with Gasteiger partial charge in [0.05, 0.1) is 11.3 Å². The topological polar surface area (TPSA) is 78.4 Å². The van der Waals surface area contributed by atoms with Gasteiger partial charge in [0.15, 0.2) is 0 Å². The van der Waals surface area contributed by atoms with Gasteiger partial charge in [0.1, 0.15) is 5.69 Å². The fraction of sp³-hybridized carbons (Fsp3) is 0.385. The Morgan fingerprint density at radius 1 is 1.29 bits per heavy atom. The molecule has 21 heavy (non-hydrogen) atoms. The van der Waals surface area contributed by atoms with Crippen molar-refractivity contribution in [3.63, 3.8) is 0 Å². The number of pyridine rings is 1. The average molecular weight is 298 g/mol. The number of hydrogen-bond acceptors (Lipinski definition) is 4. The summed E-state index contributed by atoms with van der Waals surface area (Å²) in [5.41, 5.74) is 1.92. The molecule has 0 spiro atoms. The summed E-state index contributed by atoms with van der Waals surface area (Å²) < 4.78 is 27.0. The Balaban J connectivity index is 2.63. The van der Waals surface area contributed by atoms with Gasteiger partial charge in [-0.1, -0.05) is 0 Å². The van der Waals surface area contributed by atoms with E-state index in [2.05, 4.69) is 10.1 Å². The van der Waals surface area contributed by atoms with Crippen LogP contribution in [0.15, 0.2) is 6.07 Å². The molecule has 1 atom stereocenters. The van der Waals surface area contributed by atoms with Crippen molar-refractivity contribution in [3.8, 4) is 11.4 Å². The zero-order chi connectivity index (χ0) is 15.9. The van der Waals surface area contributed by atoms with E-state index in [1.54, 1.807) is 13.8 Å². The second-order valence-corrected chi connectivity index (χ2v) is 4.88. The highest BCUT2D eigenvalue weighted by Gasteiger charge is 2.23.